The largest absolute Gasteiger partial charge is 0.382 e. The fourth-order valence-electron chi connectivity index (χ4n) is 3.60. The Morgan fingerprint density at radius 3 is 2.68 bits per heavy atom. The summed E-state index contributed by atoms with van der Waals surface area (Å²) in [6, 6.07) is 10.7. The lowest BCUT2D eigenvalue weighted by Gasteiger charge is -2.29. The van der Waals surface area contributed by atoms with Crippen molar-refractivity contribution in [2.75, 3.05) is 59.2 Å². The quantitative estimate of drug-likeness (QED) is 0.554. The molecule has 0 aromatic heterocycles. The van der Waals surface area contributed by atoms with Gasteiger partial charge >= 0.3 is 0 Å². The number of hydrogen-bond donors (Lipinski definition) is 1. The minimum Gasteiger partial charge on any atom is -0.382 e. The van der Waals surface area contributed by atoms with Crippen LogP contribution < -0.4 is 5.43 Å². The molecule has 3 rings (SSSR count). The Balaban J connectivity index is 1.46. The molecule has 1 fully saturated rings. The molecule has 1 aromatic carbocycles. The van der Waals surface area contributed by atoms with Crippen molar-refractivity contribution in [2.24, 2.45) is 0 Å². The third kappa shape index (κ3) is 7.18. The summed E-state index contributed by atoms with van der Waals surface area (Å²) >= 11 is 0. The molecule has 6 heteroatoms. The van der Waals surface area contributed by atoms with Crippen LogP contribution in [0.5, 0.6) is 0 Å². The number of rotatable bonds is 12. The lowest BCUT2D eigenvalue weighted by Crippen LogP contribution is -2.44. The first-order chi connectivity index (χ1) is 13.8. The zero-order valence-corrected chi connectivity index (χ0v) is 17.1. The second-order valence-electron chi connectivity index (χ2n) is 7.35. The Hall–Kier alpha value is -1.44. The number of nitrogens with zero attached hydrogens (tertiary/aromatic N) is 2. The van der Waals surface area contributed by atoms with E-state index in [-0.39, 0.29) is 0 Å². The summed E-state index contributed by atoms with van der Waals surface area (Å²) in [5.41, 5.74) is 6.20. The number of hydrazine groups is 1. The summed E-state index contributed by atoms with van der Waals surface area (Å²) in [5, 5.41) is 2.24. The van der Waals surface area contributed by atoms with Crippen LogP contribution in [0.3, 0.4) is 0 Å². The summed E-state index contributed by atoms with van der Waals surface area (Å²) in [4.78, 5) is 2.47. The fraction of sp³-hybridized carbons (Fsp3) is 0.636. The minimum atomic E-state index is 0.334. The lowest BCUT2D eigenvalue weighted by molar-refractivity contribution is 0.0334. The van der Waals surface area contributed by atoms with Gasteiger partial charge in [0.1, 0.15) is 0 Å². The SMILES string of the molecule is CCOCCCC1NN(CCN2CCOCC2)C=C1COCc1ccccc1. The van der Waals surface area contributed by atoms with E-state index in [9.17, 15) is 0 Å². The zero-order chi connectivity index (χ0) is 19.4. The molecule has 0 radical (unpaired) electrons. The van der Waals surface area contributed by atoms with Crippen molar-refractivity contribution < 1.29 is 14.2 Å². The molecule has 1 aromatic rings. The second-order valence-corrected chi connectivity index (χ2v) is 7.35. The summed E-state index contributed by atoms with van der Waals surface area (Å²) in [5.74, 6) is 0. The lowest BCUT2D eigenvalue weighted by atomic mass is 10.1. The Kier molecular flexibility index (Phi) is 9.26. The molecular weight excluding hydrogens is 354 g/mol. The summed E-state index contributed by atoms with van der Waals surface area (Å²) in [6.07, 6.45) is 4.37. The van der Waals surface area contributed by atoms with Crippen molar-refractivity contribution in [1.29, 1.82) is 0 Å². The highest BCUT2D eigenvalue weighted by Gasteiger charge is 2.24. The Labute approximate surface area is 169 Å². The van der Waals surface area contributed by atoms with Crippen LogP contribution >= 0.6 is 0 Å². The third-order valence-corrected chi connectivity index (χ3v) is 5.22. The van der Waals surface area contributed by atoms with E-state index in [2.05, 4.69) is 45.8 Å². The van der Waals surface area contributed by atoms with Crippen LogP contribution in [0.25, 0.3) is 0 Å². The van der Waals surface area contributed by atoms with Gasteiger partial charge in [0.25, 0.3) is 0 Å². The fourth-order valence-corrected chi connectivity index (χ4v) is 3.60. The Morgan fingerprint density at radius 1 is 1.07 bits per heavy atom. The van der Waals surface area contributed by atoms with Crippen LogP contribution in [0.4, 0.5) is 0 Å². The van der Waals surface area contributed by atoms with Crippen LogP contribution in [-0.2, 0) is 20.8 Å². The maximum atomic E-state index is 6.01. The average Bonchev–Trinajstić information content (AvgIpc) is 3.13. The maximum absolute atomic E-state index is 6.01. The topological polar surface area (TPSA) is 46.2 Å². The van der Waals surface area contributed by atoms with Gasteiger partial charge in [-0.1, -0.05) is 30.3 Å². The van der Waals surface area contributed by atoms with E-state index in [1.165, 1.54) is 11.1 Å². The molecule has 0 spiro atoms. The highest BCUT2D eigenvalue weighted by Crippen LogP contribution is 2.18. The molecule has 1 atom stereocenters. The Bertz CT molecular complexity index is 576. The first kappa shape index (κ1) is 21.3. The molecule has 0 amide bonds. The Morgan fingerprint density at radius 2 is 1.89 bits per heavy atom. The molecule has 2 aliphatic heterocycles. The van der Waals surface area contributed by atoms with Crippen LogP contribution in [-0.4, -0.2) is 75.2 Å². The van der Waals surface area contributed by atoms with Crippen LogP contribution in [0.2, 0.25) is 0 Å². The first-order valence-electron chi connectivity index (χ1n) is 10.6. The van der Waals surface area contributed by atoms with Gasteiger partial charge in [-0.05, 0) is 30.9 Å². The van der Waals surface area contributed by atoms with Crippen molar-refractivity contribution in [3.8, 4) is 0 Å². The number of nitrogens with one attached hydrogen (secondary N) is 1. The van der Waals surface area contributed by atoms with Crippen molar-refractivity contribution >= 4 is 0 Å². The van der Waals surface area contributed by atoms with Crippen LogP contribution in [0.1, 0.15) is 25.3 Å². The van der Waals surface area contributed by atoms with Crippen molar-refractivity contribution in [3.05, 3.63) is 47.7 Å². The van der Waals surface area contributed by atoms with Gasteiger partial charge in [-0.2, -0.15) is 0 Å². The van der Waals surface area contributed by atoms with Crippen molar-refractivity contribution in [2.45, 2.75) is 32.4 Å². The van der Waals surface area contributed by atoms with E-state index in [0.29, 0.717) is 19.3 Å². The zero-order valence-electron chi connectivity index (χ0n) is 17.1. The van der Waals surface area contributed by atoms with E-state index in [4.69, 9.17) is 14.2 Å². The van der Waals surface area contributed by atoms with Crippen LogP contribution in [0, 0.1) is 0 Å². The molecule has 1 N–H and O–H groups in total. The van der Waals surface area contributed by atoms with Gasteiger partial charge in [0.15, 0.2) is 0 Å². The molecule has 0 saturated carbocycles. The van der Waals surface area contributed by atoms with E-state index in [0.717, 1.165) is 65.4 Å². The molecule has 1 saturated heterocycles. The predicted molar refractivity (Wildman–Crippen MR) is 111 cm³/mol. The minimum absolute atomic E-state index is 0.334. The number of benzene rings is 1. The van der Waals surface area contributed by atoms with Gasteiger partial charge in [0.05, 0.1) is 32.5 Å². The second kappa shape index (κ2) is 12.2. The van der Waals surface area contributed by atoms with Crippen LogP contribution in [0.15, 0.2) is 42.1 Å². The predicted octanol–water partition coefficient (Wildman–Crippen LogP) is 2.42. The smallest absolute Gasteiger partial charge is 0.0721 e. The van der Waals surface area contributed by atoms with Gasteiger partial charge in [-0.15, -0.1) is 0 Å². The number of morpholine rings is 1. The highest BCUT2D eigenvalue weighted by atomic mass is 16.5. The molecule has 156 valence electrons. The van der Waals surface area contributed by atoms with Gasteiger partial charge < -0.3 is 19.2 Å². The molecule has 6 nitrogen and oxygen atoms in total. The summed E-state index contributed by atoms with van der Waals surface area (Å²) < 4.78 is 17.0. The van der Waals surface area contributed by atoms with Gasteiger partial charge in [0.2, 0.25) is 0 Å². The third-order valence-electron chi connectivity index (χ3n) is 5.22. The van der Waals surface area contributed by atoms with Gasteiger partial charge in [-0.25, -0.2) is 5.43 Å². The van der Waals surface area contributed by atoms with Crippen molar-refractivity contribution in [3.63, 3.8) is 0 Å². The summed E-state index contributed by atoms with van der Waals surface area (Å²) in [6.45, 7) is 10.7. The van der Waals surface area contributed by atoms with E-state index >= 15 is 0 Å². The van der Waals surface area contributed by atoms with E-state index in [1.54, 1.807) is 0 Å². The first-order valence-corrected chi connectivity index (χ1v) is 10.6. The summed E-state index contributed by atoms with van der Waals surface area (Å²) in [7, 11) is 0. The molecule has 2 heterocycles. The molecule has 1 unspecified atom stereocenters. The van der Waals surface area contributed by atoms with Gasteiger partial charge in [0, 0.05) is 45.6 Å². The van der Waals surface area contributed by atoms with E-state index < -0.39 is 0 Å². The number of ether oxygens (including phenoxy) is 3. The molecule has 0 aliphatic carbocycles. The molecule has 28 heavy (non-hydrogen) atoms. The maximum Gasteiger partial charge on any atom is 0.0721 e. The highest BCUT2D eigenvalue weighted by molar-refractivity contribution is 5.17. The monoisotopic (exact) mass is 389 g/mol. The normalized spacial score (nSPS) is 20.5. The van der Waals surface area contributed by atoms with E-state index in [1.807, 2.05) is 13.0 Å². The molecular formula is C22H35N3O3. The van der Waals surface area contributed by atoms with Crippen molar-refractivity contribution in [1.82, 2.24) is 15.3 Å². The van der Waals surface area contributed by atoms with Gasteiger partial charge in [-0.3, -0.25) is 4.90 Å². The number of hydrogen-bond acceptors (Lipinski definition) is 6. The molecule has 2 aliphatic rings. The average molecular weight is 390 g/mol. The standard InChI is InChI=1S/C22H35N3O3/c1-2-26-14-6-9-22-21(19-28-18-20-7-4-3-5-8-20)17-25(23-22)11-10-24-12-15-27-16-13-24/h3-5,7-8,17,22-23H,2,6,9-16,18-19H2,1H3. The molecule has 0 bridgehead atoms.